The molecule has 3 aliphatic heterocycles. The lowest BCUT2D eigenvalue weighted by Gasteiger charge is -2.47. The van der Waals surface area contributed by atoms with Crippen LogP contribution in [0, 0.1) is 18.3 Å². The fourth-order valence-electron chi connectivity index (χ4n) is 2.20. The van der Waals surface area contributed by atoms with Crippen LogP contribution in [0.15, 0.2) is 0 Å². The van der Waals surface area contributed by atoms with E-state index in [4.69, 9.17) is 6.42 Å². The SMILES string of the molecule is C#C[C@@]1(O)CN2CCC1CC2. The van der Waals surface area contributed by atoms with E-state index in [9.17, 15) is 5.11 Å². The van der Waals surface area contributed by atoms with Gasteiger partial charge in [-0.1, -0.05) is 5.92 Å². The molecule has 0 aromatic rings. The number of terminal acetylenes is 1. The molecule has 3 aliphatic rings. The van der Waals surface area contributed by atoms with Gasteiger partial charge in [-0.3, -0.25) is 4.90 Å². The monoisotopic (exact) mass is 151 g/mol. The van der Waals surface area contributed by atoms with Gasteiger partial charge in [0.1, 0.15) is 5.60 Å². The first kappa shape index (κ1) is 7.15. The Kier molecular flexibility index (Phi) is 1.45. The van der Waals surface area contributed by atoms with Gasteiger partial charge < -0.3 is 5.11 Å². The van der Waals surface area contributed by atoms with Crippen molar-refractivity contribution < 1.29 is 5.11 Å². The summed E-state index contributed by atoms with van der Waals surface area (Å²) in [4.78, 5) is 2.25. The third-order valence-electron chi connectivity index (χ3n) is 2.98. The number of aliphatic hydroxyl groups is 1. The van der Waals surface area contributed by atoms with E-state index in [0.29, 0.717) is 12.5 Å². The van der Waals surface area contributed by atoms with Gasteiger partial charge in [0.2, 0.25) is 0 Å². The minimum Gasteiger partial charge on any atom is -0.376 e. The Morgan fingerprint density at radius 1 is 1.45 bits per heavy atom. The van der Waals surface area contributed by atoms with Crippen molar-refractivity contribution in [2.24, 2.45) is 5.92 Å². The van der Waals surface area contributed by atoms with Crippen LogP contribution in [0.1, 0.15) is 12.8 Å². The van der Waals surface area contributed by atoms with Gasteiger partial charge in [-0.15, -0.1) is 6.42 Å². The van der Waals surface area contributed by atoms with E-state index in [2.05, 4.69) is 10.8 Å². The molecule has 0 aliphatic carbocycles. The van der Waals surface area contributed by atoms with E-state index in [1.807, 2.05) is 0 Å². The summed E-state index contributed by atoms with van der Waals surface area (Å²) in [5.74, 6) is 2.88. The molecule has 0 amide bonds. The summed E-state index contributed by atoms with van der Waals surface area (Å²) in [6, 6.07) is 0. The lowest BCUT2D eigenvalue weighted by atomic mass is 9.76. The minimum absolute atomic E-state index is 0.359. The van der Waals surface area contributed by atoms with E-state index in [1.54, 1.807) is 0 Å². The lowest BCUT2D eigenvalue weighted by molar-refractivity contribution is -0.0712. The van der Waals surface area contributed by atoms with Gasteiger partial charge in [-0.2, -0.15) is 0 Å². The summed E-state index contributed by atoms with van der Waals surface area (Å²) in [5.41, 5.74) is -0.809. The molecule has 2 nitrogen and oxygen atoms in total. The van der Waals surface area contributed by atoms with Gasteiger partial charge >= 0.3 is 0 Å². The summed E-state index contributed by atoms with van der Waals surface area (Å²) < 4.78 is 0. The number of hydrogen-bond donors (Lipinski definition) is 1. The predicted molar refractivity (Wildman–Crippen MR) is 42.9 cm³/mol. The average Bonchev–Trinajstić information content (AvgIpc) is 2.06. The summed E-state index contributed by atoms with van der Waals surface area (Å²) in [6.07, 6.45) is 7.44. The van der Waals surface area contributed by atoms with E-state index in [-0.39, 0.29) is 0 Å². The number of piperidine rings is 3. The fourth-order valence-corrected chi connectivity index (χ4v) is 2.20. The second kappa shape index (κ2) is 2.23. The molecule has 1 atom stereocenters. The Hall–Kier alpha value is -0.520. The van der Waals surface area contributed by atoms with Gasteiger partial charge in [0.05, 0.1) is 0 Å². The maximum Gasteiger partial charge on any atom is 0.140 e. The van der Waals surface area contributed by atoms with Gasteiger partial charge in [0, 0.05) is 12.5 Å². The van der Waals surface area contributed by atoms with Crippen LogP contribution in [0.4, 0.5) is 0 Å². The first-order chi connectivity index (χ1) is 5.24. The molecule has 60 valence electrons. The third-order valence-corrected chi connectivity index (χ3v) is 2.98. The van der Waals surface area contributed by atoms with Crippen molar-refractivity contribution in [2.75, 3.05) is 19.6 Å². The van der Waals surface area contributed by atoms with Crippen LogP contribution in [0.3, 0.4) is 0 Å². The van der Waals surface area contributed by atoms with Gasteiger partial charge in [0.25, 0.3) is 0 Å². The average molecular weight is 151 g/mol. The van der Waals surface area contributed by atoms with Crippen LogP contribution in [0.2, 0.25) is 0 Å². The standard InChI is InChI=1S/C9H13NO/c1-2-9(11)7-10-5-3-8(9)4-6-10/h1,8,11H,3-7H2/t9-/m1/s1. The predicted octanol–water partition coefficient (Wildman–Crippen LogP) is 0.0763. The summed E-state index contributed by atoms with van der Waals surface area (Å²) in [7, 11) is 0. The normalized spacial score (nSPS) is 48.7. The van der Waals surface area contributed by atoms with E-state index in [0.717, 1.165) is 25.9 Å². The smallest absolute Gasteiger partial charge is 0.140 e. The van der Waals surface area contributed by atoms with Crippen molar-refractivity contribution in [2.45, 2.75) is 18.4 Å². The second-order valence-electron chi connectivity index (χ2n) is 3.62. The first-order valence-electron chi connectivity index (χ1n) is 4.17. The summed E-state index contributed by atoms with van der Waals surface area (Å²) in [6.45, 7) is 2.93. The maximum atomic E-state index is 9.89. The molecule has 3 saturated heterocycles. The van der Waals surface area contributed by atoms with Gasteiger partial charge in [-0.05, 0) is 25.9 Å². The highest BCUT2D eigenvalue weighted by Crippen LogP contribution is 2.34. The molecule has 3 rings (SSSR count). The molecule has 0 spiro atoms. The van der Waals surface area contributed by atoms with Crippen LogP contribution in [0.5, 0.6) is 0 Å². The quantitative estimate of drug-likeness (QED) is 0.495. The van der Waals surface area contributed by atoms with Crippen molar-refractivity contribution in [3.63, 3.8) is 0 Å². The molecule has 11 heavy (non-hydrogen) atoms. The van der Waals surface area contributed by atoms with E-state index < -0.39 is 5.60 Å². The molecule has 0 saturated carbocycles. The molecular formula is C9H13NO. The van der Waals surface area contributed by atoms with Crippen LogP contribution < -0.4 is 0 Å². The zero-order valence-electron chi connectivity index (χ0n) is 6.58. The zero-order valence-corrected chi connectivity index (χ0v) is 6.58. The zero-order chi connectivity index (χ0) is 7.90. The first-order valence-corrected chi connectivity index (χ1v) is 4.17. The molecule has 3 fully saturated rings. The Morgan fingerprint density at radius 3 is 2.36 bits per heavy atom. The summed E-state index contributed by atoms with van der Waals surface area (Å²) >= 11 is 0. The number of hydrogen-bond acceptors (Lipinski definition) is 2. The maximum absolute atomic E-state index is 9.89. The third kappa shape index (κ3) is 0.962. The molecule has 0 radical (unpaired) electrons. The number of rotatable bonds is 0. The van der Waals surface area contributed by atoms with Crippen LogP contribution in [-0.4, -0.2) is 35.2 Å². The van der Waals surface area contributed by atoms with Crippen LogP contribution >= 0.6 is 0 Å². The van der Waals surface area contributed by atoms with Crippen molar-refractivity contribution in [3.8, 4) is 12.3 Å². The topological polar surface area (TPSA) is 23.5 Å². The van der Waals surface area contributed by atoms with Crippen molar-refractivity contribution >= 4 is 0 Å². The molecule has 0 unspecified atom stereocenters. The molecule has 2 bridgehead atoms. The van der Waals surface area contributed by atoms with E-state index in [1.165, 1.54) is 0 Å². The Morgan fingerprint density at radius 2 is 2.09 bits per heavy atom. The summed E-state index contributed by atoms with van der Waals surface area (Å²) in [5, 5.41) is 9.89. The minimum atomic E-state index is -0.809. The van der Waals surface area contributed by atoms with Crippen molar-refractivity contribution in [3.05, 3.63) is 0 Å². The molecule has 0 aromatic carbocycles. The van der Waals surface area contributed by atoms with Crippen LogP contribution in [-0.2, 0) is 0 Å². The van der Waals surface area contributed by atoms with Crippen LogP contribution in [0.25, 0.3) is 0 Å². The van der Waals surface area contributed by atoms with Crippen molar-refractivity contribution in [1.29, 1.82) is 0 Å². The van der Waals surface area contributed by atoms with Gasteiger partial charge in [0.15, 0.2) is 0 Å². The highest BCUT2D eigenvalue weighted by atomic mass is 16.3. The second-order valence-corrected chi connectivity index (χ2v) is 3.62. The Labute approximate surface area is 67.2 Å². The highest BCUT2D eigenvalue weighted by Gasteiger charge is 2.43. The van der Waals surface area contributed by atoms with Crippen molar-refractivity contribution in [1.82, 2.24) is 4.90 Å². The highest BCUT2D eigenvalue weighted by molar-refractivity contribution is 5.15. The largest absolute Gasteiger partial charge is 0.376 e. The van der Waals surface area contributed by atoms with E-state index >= 15 is 0 Å². The Bertz CT molecular complexity index is 200. The van der Waals surface area contributed by atoms with Gasteiger partial charge in [-0.25, -0.2) is 0 Å². The lowest BCUT2D eigenvalue weighted by Crippen LogP contribution is -2.58. The Balaban J connectivity index is 2.21. The fraction of sp³-hybridized carbons (Fsp3) is 0.778. The number of fused-ring (bicyclic) bond motifs is 3. The molecule has 3 heterocycles. The number of nitrogens with zero attached hydrogens (tertiary/aromatic N) is 1. The molecular weight excluding hydrogens is 138 g/mol. The molecule has 1 N–H and O–H groups in total. The molecule has 0 aromatic heterocycles. The molecule has 2 heteroatoms.